The molecule has 3 aliphatic rings. The van der Waals surface area contributed by atoms with Crippen LogP contribution in [0.15, 0.2) is 59.5 Å². The first-order valence-electron chi connectivity index (χ1n) is 12.2. The second-order valence-corrected chi connectivity index (χ2v) is 11.8. The van der Waals surface area contributed by atoms with Gasteiger partial charge in [0, 0.05) is 45.7 Å². The van der Waals surface area contributed by atoms with Gasteiger partial charge in [0.05, 0.1) is 4.90 Å². The first-order valence-corrected chi connectivity index (χ1v) is 13.6. The third kappa shape index (κ3) is 4.60. The first-order chi connectivity index (χ1) is 16.8. The number of likely N-dealkylation sites (N-methyl/N-ethyl adjacent to an activating group) is 1. The maximum atomic E-state index is 13.3. The molecule has 0 bridgehead atoms. The Morgan fingerprint density at radius 3 is 2.46 bits per heavy atom. The van der Waals surface area contributed by atoms with E-state index in [1.165, 1.54) is 34.6 Å². The minimum absolute atomic E-state index is 0.0444. The van der Waals surface area contributed by atoms with Crippen molar-refractivity contribution >= 4 is 21.8 Å². The Hall–Kier alpha value is -2.75. The number of hydrogen-bond acceptors (Lipinski definition) is 5. The number of rotatable bonds is 7. The summed E-state index contributed by atoms with van der Waals surface area (Å²) in [6.07, 6.45) is 1.98. The summed E-state index contributed by atoms with van der Waals surface area (Å²) >= 11 is 0. The topological polar surface area (TPSA) is 98.8 Å². The molecule has 186 valence electrons. The fourth-order valence-corrected chi connectivity index (χ4v) is 7.37. The molecule has 2 heterocycles. The summed E-state index contributed by atoms with van der Waals surface area (Å²) in [5.41, 5.74) is 2.26. The van der Waals surface area contributed by atoms with E-state index in [9.17, 15) is 18.0 Å². The summed E-state index contributed by atoms with van der Waals surface area (Å²) in [6, 6.07) is 15.8. The van der Waals surface area contributed by atoms with Gasteiger partial charge >= 0.3 is 0 Å². The van der Waals surface area contributed by atoms with Crippen LogP contribution in [0.3, 0.4) is 0 Å². The number of hydrogen-bond donors (Lipinski definition) is 2. The van der Waals surface area contributed by atoms with Gasteiger partial charge in [0.2, 0.25) is 21.8 Å². The molecule has 1 spiro atoms. The molecule has 8 nitrogen and oxygen atoms in total. The molecule has 1 aliphatic carbocycles. The van der Waals surface area contributed by atoms with E-state index in [0.29, 0.717) is 19.4 Å². The van der Waals surface area contributed by atoms with Crippen molar-refractivity contribution in [3.8, 4) is 0 Å². The highest BCUT2D eigenvalue weighted by Crippen LogP contribution is 2.60. The number of benzene rings is 2. The molecule has 5 rings (SSSR count). The van der Waals surface area contributed by atoms with Crippen LogP contribution in [0.2, 0.25) is 0 Å². The number of nitrogens with one attached hydrogen (secondary N) is 2. The average molecular weight is 497 g/mol. The van der Waals surface area contributed by atoms with Crippen molar-refractivity contribution in [2.75, 3.05) is 33.2 Å². The molecule has 9 heteroatoms. The lowest BCUT2D eigenvalue weighted by Crippen LogP contribution is -2.44. The van der Waals surface area contributed by atoms with Gasteiger partial charge in [-0.15, -0.1) is 0 Å². The van der Waals surface area contributed by atoms with Gasteiger partial charge < -0.3 is 10.6 Å². The summed E-state index contributed by atoms with van der Waals surface area (Å²) in [6.45, 7) is 3.37. The molecular formula is C26H32N4O4S. The largest absolute Gasteiger partial charge is 0.358 e. The summed E-state index contributed by atoms with van der Waals surface area (Å²) in [7, 11) is -2.33. The molecule has 2 aromatic rings. The van der Waals surface area contributed by atoms with Crippen LogP contribution in [-0.4, -0.2) is 68.7 Å². The van der Waals surface area contributed by atoms with Gasteiger partial charge in [0.25, 0.3) is 0 Å². The standard InChI is InChI=1S/C26H32N4O4S/c1-27-25(32)23-16-26(18-30(23)35(33,34)21-9-3-2-4-10-21)15-22(26)24(31)28-12-14-29-13-11-19-7-5-6-8-20(19)17-29/h2-10,22-23H,11-18H2,1H3,(H,27,32)(H,28,31)/t22-,23+,26+/m1/s1. The molecular weight excluding hydrogens is 464 g/mol. The average Bonchev–Trinajstić information content (AvgIpc) is 3.44. The van der Waals surface area contributed by atoms with Crippen LogP contribution in [0.4, 0.5) is 0 Å². The van der Waals surface area contributed by atoms with Gasteiger partial charge in [-0.2, -0.15) is 4.31 Å². The Kier molecular flexibility index (Phi) is 6.41. The van der Waals surface area contributed by atoms with E-state index >= 15 is 0 Å². The van der Waals surface area contributed by atoms with Crippen LogP contribution in [-0.2, 0) is 32.6 Å². The number of amides is 2. The summed E-state index contributed by atoms with van der Waals surface area (Å²) in [4.78, 5) is 28.1. The number of fused-ring (bicyclic) bond motifs is 1. The lowest BCUT2D eigenvalue weighted by molar-refractivity contribution is -0.124. The van der Waals surface area contributed by atoms with Gasteiger partial charge in [0.15, 0.2) is 0 Å². The van der Waals surface area contributed by atoms with Crippen molar-refractivity contribution in [2.24, 2.45) is 11.3 Å². The zero-order valence-electron chi connectivity index (χ0n) is 19.9. The van der Waals surface area contributed by atoms with E-state index in [4.69, 9.17) is 0 Å². The fraction of sp³-hybridized carbons (Fsp3) is 0.462. The molecule has 3 atom stereocenters. The van der Waals surface area contributed by atoms with E-state index in [0.717, 1.165) is 26.1 Å². The lowest BCUT2D eigenvalue weighted by atomic mass is 9.99. The smallest absolute Gasteiger partial charge is 0.243 e. The second kappa shape index (κ2) is 9.37. The number of carbonyl (C=O) groups excluding carboxylic acids is 2. The highest BCUT2D eigenvalue weighted by atomic mass is 32.2. The first kappa shape index (κ1) is 24.0. The van der Waals surface area contributed by atoms with Gasteiger partial charge in [-0.25, -0.2) is 8.42 Å². The van der Waals surface area contributed by atoms with Crippen LogP contribution < -0.4 is 10.6 Å². The van der Waals surface area contributed by atoms with Gasteiger partial charge in [-0.05, 0) is 47.9 Å². The Bertz CT molecular complexity index is 1220. The number of carbonyl (C=O) groups is 2. The maximum Gasteiger partial charge on any atom is 0.243 e. The van der Waals surface area contributed by atoms with Crippen LogP contribution in [0.5, 0.6) is 0 Å². The summed E-state index contributed by atoms with van der Waals surface area (Å²) < 4.78 is 28.0. The molecule has 2 aromatic carbocycles. The third-order valence-electron chi connectivity index (χ3n) is 7.76. The predicted molar refractivity (Wildman–Crippen MR) is 132 cm³/mol. The normalized spacial score (nSPS) is 26.3. The highest BCUT2D eigenvalue weighted by molar-refractivity contribution is 7.89. The van der Waals surface area contributed by atoms with Crippen LogP contribution in [0.1, 0.15) is 24.0 Å². The lowest BCUT2D eigenvalue weighted by Gasteiger charge is -2.28. The third-order valence-corrected chi connectivity index (χ3v) is 9.63. The summed E-state index contributed by atoms with van der Waals surface area (Å²) in [5, 5.41) is 5.66. The van der Waals surface area contributed by atoms with Crippen LogP contribution in [0, 0.1) is 11.3 Å². The maximum absolute atomic E-state index is 13.3. The molecule has 1 saturated carbocycles. The molecule has 2 N–H and O–H groups in total. The van der Waals surface area contributed by atoms with Gasteiger partial charge in [-0.1, -0.05) is 42.5 Å². The Morgan fingerprint density at radius 1 is 1.00 bits per heavy atom. The number of nitrogens with zero attached hydrogens (tertiary/aromatic N) is 2. The molecule has 0 radical (unpaired) electrons. The molecule has 1 saturated heterocycles. The zero-order valence-corrected chi connectivity index (χ0v) is 20.8. The Balaban J connectivity index is 1.20. The Labute approximate surface area is 206 Å². The molecule has 0 unspecified atom stereocenters. The van der Waals surface area contributed by atoms with E-state index < -0.39 is 21.5 Å². The minimum Gasteiger partial charge on any atom is -0.358 e. The Morgan fingerprint density at radius 2 is 1.71 bits per heavy atom. The van der Waals surface area contributed by atoms with Crippen LogP contribution >= 0.6 is 0 Å². The number of sulfonamides is 1. The monoisotopic (exact) mass is 496 g/mol. The van der Waals surface area contributed by atoms with Gasteiger partial charge in [0.1, 0.15) is 6.04 Å². The zero-order chi connectivity index (χ0) is 24.6. The molecule has 35 heavy (non-hydrogen) atoms. The minimum atomic E-state index is -3.84. The van der Waals surface area contributed by atoms with E-state index in [2.05, 4.69) is 39.8 Å². The molecule has 2 aliphatic heterocycles. The van der Waals surface area contributed by atoms with Crippen molar-refractivity contribution in [1.29, 1.82) is 0 Å². The fourth-order valence-electron chi connectivity index (χ4n) is 5.67. The van der Waals surface area contributed by atoms with Crippen molar-refractivity contribution < 1.29 is 18.0 Å². The van der Waals surface area contributed by atoms with Crippen molar-refractivity contribution in [3.05, 3.63) is 65.7 Å². The molecule has 2 fully saturated rings. The van der Waals surface area contributed by atoms with Crippen molar-refractivity contribution in [2.45, 2.75) is 36.7 Å². The van der Waals surface area contributed by atoms with Gasteiger partial charge in [-0.3, -0.25) is 14.5 Å². The van der Waals surface area contributed by atoms with E-state index in [-0.39, 0.29) is 29.2 Å². The van der Waals surface area contributed by atoms with Crippen molar-refractivity contribution in [3.63, 3.8) is 0 Å². The molecule has 0 aromatic heterocycles. The van der Waals surface area contributed by atoms with Crippen LogP contribution in [0.25, 0.3) is 0 Å². The SMILES string of the molecule is CNC(=O)[C@@H]1C[C@@]2(C[C@@H]2C(=O)NCCN2CCc3ccccc3C2)CN1S(=O)(=O)c1ccccc1. The molecule has 2 amide bonds. The summed E-state index contributed by atoms with van der Waals surface area (Å²) in [5.74, 6) is -0.650. The quantitative estimate of drug-likeness (QED) is 0.604. The van der Waals surface area contributed by atoms with E-state index in [1.54, 1.807) is 18.2 Å². The highest BCUT2D eigenvalue weighted by Gasteiger charge is 2.65. The second-order valence-electron chi connectivity index (χ2n) is 9.90. The van der Waals surface area contributed by atoms with Crippen molar-refractivity contribution in [1.82, 2.24) is 19.8 Å². The van der Waals surface area contributed by atoms with E-state index in [1.807, 2.05) is 0 Å². The predicted octanol–water partition coefficient (Wildman–Crippen LogP) is 1.38.